The number of carboxylic acid groups (broad SMARTS) is 1. The Hall–Kier alpha value is -7.30. The lowest BCUT2D eigenvalue weighted by Gasteiger charge is -2.29. The van der Waals surface area contributed by atoms with Crippen LogP contribution in [0.1, 0.15) is 76.2 Å². The number of anilines is 2. The molecule has 3 aromatic rings. The average molecular weight is 868 g/mol. The molecule has 0 aromatic heterocycles. The quantitative estimate of drug-likeness (QED) is 0.0208. The number of non-ortho nitro benzene ring substituents is 2. The molecule has 62 heavy (non-hydrogen) atoms. The topological polar surface area (TPSA) is 355 Å². The van der Waals surface area contributed by atoms with Crippen molar-refractivity contribution < 1.29 is 49.1 Å². The van der Waals surface area contributed by atoms with Gasteiger partial charge in [-0.2, -0.15) is 0 Å². The molecule has 0 saturated carbocycles. The SMILES string of the molecule is N[C@](Cc1ccc(O)cc1)(C(=O)CCCCCNc1ccc([N+](=O)[O-])cc1[N+](=O)[O-])C(=O)N[C@@H](CCCCNC(=O)CCCCCNc1ccc([N+](=O)[O-])cc1[N+](=O)[O-])C(=O)O. The van der Waals surface area contributed by atoms with Crippen LogP contribution >= 0.6 is 0 Å². The molecule has 23 nitrogen and oxygen atoms in total. The van der Waals surface area contributed by atoms with Crippen molar-refractivity contribution in [2.75, 3.05) is 30.3 Å². The number of nitrogens with two attached hydrogens (primary N) is 1. The molecule has 0 spiro atoms. The highest BCUT2D eigenvalue weighted by Gasteiger charge is 2.42. The molecular weight excluding hydrogens is 818 g/mol. The number of hydrogen-bond acceptors (Lipinski definition) is 16. The summed E-state index contributed by atoms with van der Waals surface area (Å²) in [6.45, 7) is 0.788. The summed E-state index contributed by atoms with van der Waals surface area (Å²) < 4.78 is 0. The Bertz CT molecular complexity index is 2100. The van der Waals surface area contributed by atoms with Gasteiger partial charge in [0.2, 0.25) is 11.8 Å². The summed E-state index contributed by atoms with van der Waals surface area (Å²) in [5, 5.41) is 75.1. The predicted molar refractivity (Wildman–Crippen MR) is 224 cm³/mol. The molecule has 0 fully saturated rings. The zero-order chi connectivity index (χ0) is 45.8. The number of ketones is 1. The predicted octanol–water partition coefficient (Wildman–Crippen LogP) is 5.04. The number of nitrogens with one attached hydrogen (secondary N) is 4. The van der Waals surface area contributed by atoms with E-state index in [9.17, 15) is 69.8 Å². The number of nitro benzene ring substituents is 4. The molecule has 0 bridgehead atoms. The number of carbonyl (C=O) groups excluding carboxylic acids is 3. The fraction of sp³-hybridized carbons (Fsp3) is 0.436. The third kappa shape index (κ3) is 15.4. The van der Waals surface area contributed by atoms with Crippen LogP contribution in [0.4, 0.5) is 34.1 Å². The van der Waals surface area contributed by atoms with Gasteiger partial charge in [-0.1, -0.05) is 25.0 Å². The van der Waals surface area contributed by atoms with E-state index < -0.39 is 71.7 Å². The number of amides is 2. The molecule has 3 rings (SSSR count). The molecule has 0 unspecified atom stereocenters. The molecular formula is C39H49N9O14. The highest BCUT2D eigenvalue weighted by molar-refractivity contribution is 6.11. The Kier molecular flexibility index (Phi) is 19.1. The smallest absolute Gasteiger partial charge is 0.326 e. The third-order valence-corrected chi connectivity index (χ3v) is 9.74. The van der Waals surface area contributed by atoms with Crippen LogP contribution in [0.3, 0.4) is 0 Å². The largest absolute Gasteiger partial charge is 0.508 e. The first kappa shape index (κ1) is 49.1. The number of nitrogens with zero attached hydrogens (tertiary/aromatic N) is 4. The Balaban J connectivity index is 1.44. The molecule has 23 heteroatoms. The van der Waals surface area contributed by atoms with Crippen LogP contribution in [-0.4, -0.2) is 84.7 Å². The van der Waals surface area contributed by atoms with E-state index in [0.717, 1.165) is 24.3 Å². The van der Waals surface area contributed by atoms with E-state index >= 15 is 0 Å². The fourth-order valence-electron chi connectivity index (χ4n) is 6.29. The Morgan fingerprint density at radius 3 is 1.63 bits per heavy atom. The number of carboxylic acids is 1. The third-order valence-electron chi connectivity index (χ3n) is 9.74. The highest BCUT2D eigenvalue weighted by Crippen LogP contribution is 2.30. The van der Waals surface area contributed by atoms with Gasteiger partial charge in [0.15, 0.2) is 11.3 Å². The van der Waals surface area contributed by atoms with E-state index in [1.807, 2.05) is 0 Å². The van der Waals surface area contributed by atoms with Crippen LogP contribution in [0.2, 0.25) is 0 Å². The van der Waals surface area contributed by atoms with Crippen molar-refractivity contribution in [2.24, 2.45) is 5.73 Å². The number of carbonyl (C=O) groups is 4. The van der Waals surface area contributed by atoms with E-state index in [1.165, 1.54) is 36.4 Å². The van der Waals surface area contributed by atoms with Gasteiger partial charge >= 0.3 is 5.97 Å². The summed E-state index contributed by atoms with van der Waals surface area (Å²) in [5.41, 5.74) is 3.24. The number of phenols is 1. The minimum Gasteiger partial charge on any atom is -0.508 e. The van der Waals surface area contributed by atoms with E-state index in [2.05, 4.69) is 21.3 Å². The second kappa shape index (κ2) is 24.1. The van der Waals surface area contributed by atoms with Gasteiger partial charge in [-0.15, -0.1) is 0 Å². The molecule has 3 aromatic carbocycles. The van der Waals surface area contributed by atoms with Crippen molar-refractivity contribution in [3.05, 3.63) is 107 Å². The van der Waals surface area contributed by atoms with Crippen LogP contribution in [-0.2, 0) is 25.6 Å². The molecule has 0 radical (unpaired) electrons. The lowest BCUT2D eigenvalue weighted by molar-refractivity contribution is -0.393. The Morgan fingerprint density at radius 1 is 0.645 bits per heavy atom. The summed E-state index contributed by atoms with van der Waals surface area (Å²) in [6.07, 6.45) is 3.12. The lowest BCUT2D eigenvalue weighted by Crippen LogP contribution is -2.63. The second-order valence-corrected chi connectivity index (χ2v) is 14.4. The maximum absolute atomic E-state index is 13.6. The maximum Gasteiger partial charge on any atom is 0.326 e. The summed E-state index contributed by atoms with van der Waals surface area (Å²) in [5.74, 6) is -3.34. The first-order chi connectivity index (χ1) is 29.4. The fourth-order valence-corrected chi connectivity index (χ4v) is 6.29. The minimum atomic E-state index is -2.19. The van der Waals surface area contributed by atoms with Crippen LogP contribution < -0.4 is 27.0 Å². The van der Waals surface area contributed by atoms with Crippen molar-refractivity contribution in [2.45, 2.75) is 88.6 Å². The molecule has 8 N–H and O–H groups in total. The van der Waals surface area contributed by atoms with Gasteiger partial charge in [-0.25, -0.2) is 4.79 Å². The molecule has 0 aliphatic carbocycles. The normalized spacial score (nSPS) is 12.3. The summed E-state index contributed by atoms with van der Waals surface area (Å²) >= 11 is 0. The van der Waals surface area contributed by atoms with Gasteiger partial charge in [0.1, 0.15) is 23.2 Å². The number of Topliss-reactive ketones (excluding diaryl/α,β-unsaturated/α-hetero) is 1. The first-order valence-electron chi connectivity index (χ1n) is 19.7. The van der Waals surface area contributed by atoms with Gasteiger partial charge in [0.25, 0.3) is 22.7 Å². The van der Waals surface area contributed by atoms with Crippen molar-refractivity contribution in [1.29, 1.82) is 0 Å². The summed E-state index contributed by atoms with van der Waals surface area (Å²) in [6, 6.07) is 10.8. The Morgan fingerprint density at radius 2 is 1.15 bits per heavy atom. The number of hydrogen-bond donors (Lipinski definition) is 7. The van der Waals surface area contributed by atoms with Crippen LogP contribution in [0.25, 0.3) is 0 Å². The molecule has 0 aliphatic heterocycles. The molecule has 0 heterocycles. The Labute approximate surface area is 354 Å². The monoisotopic (exact) mass is 867 g/mol. The minimum absolute atomic E-state index is 0.0414. The van der Waals surface area contributed by atoms with Crippen molar-refractivity contribution in [3.63, 3.8) is 0 Å². The molecule has 334 valence electrons. The van der Waals surface area contributed by atoms with E-state index in [1.54, 1.807) is 0 Å². The van der Waals surface area contributed by atoms with Gasteiger partial charge in [0, 0.05) is 51.0 Å². The van der Waals surface area contributed by atoms with Gasteiger partial charge in [-0.3, -0.25) is 54.8 Å². The second-order valence-electron chi connectivity index (χ2n) is 14.4. The van der Waals surface area contributed by atoms with Gasteiger partial charge < -0.3 is 37.2 Å². The number of benzene rings is 3. The summed E-state index contributed by atoms with van der Waals surface area (Å²) in [7, 11) is 0. The van der Waals surface area contributed by atoms with Crippen molar-refractivity contribution in [3.8, 4) is 5.75 Å². The number of aliphatic carboxylic acids is 1. The lowest BCUT2D eigenvalue weighted by atomic mass is 9.84. The van der Waals surface area contributed by atoms with E-state index in [0.29, 0.717) is 50.6 Å². The van der Waals surface area contributed by atoms with Crippen molar-refractivity contribution >= 4 is 57.7 Å². The molecule has 2 atom stereocenters. The molecule has 0 aliphatic rings. The van der Waals surface area contributed by atoms with E-state index in [4.69, 9.17) is 5.73 Å². The highest BCUT2D eigenvalue weighted by atomic mass is 16.6. The number of aromatic hydroxyl groups is 1. The van der Waals surface area contributed by atoms with Gasteiger partial charge in [0.05, 0.1) is 31.8 Å². The molecule has 2 amide bonds. The van der Waals surface area contributed by atoms with Crippen molar-refractivity contribution in [1.82, 2.24) is 10.6 Å². The van der Waals surface area contributed by atoms with Crippen LogP contribution in [0.5, 0.6) is 5.75 Å². The summed E-state index contributed by atoms with van der Waals surface area (Å²) in [4.78, 5) is 93.4. The van der Waals surface area contributed by atoms with E-state index in [-0.39, 0.29) is 74.6 Å². The van der Waals surface area contributed by atoms with Crippen LogP contribution in [0.15, 0.2) is 60.7 Å². The number of unbranched alkanes of at least 4 members (excludes halogenated alkanes) is 5. The average Bonchev–Trinajstić information content (AvgIpc) is 3.22. The number of phenolic OH excluding ortho intramolecular Hbond substituents is 1. The zero-order valence-corrected chi connectivity index (χ0v) is 33.6. The first-order valence-corrected chi connectivity index (χ1v) is 19.7. The molecule has 0 saturated heterocycles. The number of nitro groups is 4. The standard InChI is InChI=1S/C39H49N9O14/c40-39(25-26-12-16-29(49)17-13-26,35(50)10-3-1-6-20-41-30-18-14-27(45(55)56)23-33(30)47(59)60)38(54)44-32(37(52)53)9-5-8-22-43-36(51)11-4-2-7-21-42-31-19-15-28(46(57)58)24-34(31)48(61)62/h12-19,23-24,32,41-42,49H,1-11,20-22,25,40H2,(H,43,51)(H,44,54)(H,52,53)/t32-,39+/m0/s1. The van der Waals surface area contributed by atoms with Crippen LogP contribution in [0, 0.1) is 40.5 Å². The van der Waals surface area contributed by atoms with Gasteiger partial charge in [-0.05, 0) is 74.8 Å². The zero-order valence-electron chi connectivity index (χ0n) is 33.6. The maximum atomic E-state index is 13.6. The number of rotatable bonds is 29.